The molecule has 0 radical (unpaired) electrons. The fourth-order valence-corrected chi connectivity index (χ4v) is 1.59. The largest absolute Gasteiger partial charge is 0.469 e. The third-order valence-electron chi connectivity index (χ3n) is 2.50. The molecule has 1 aromatic carbocycles. The van der Waals surface area contributed by atoms with E-state index in [0.29, 0.717) is 24.8 Å². The lowest BCUT2D eigenvalue weighted by Crippen LogP contribution is -2.02. The highest BCUT2D eigenvalue weighted by Gasteiger charge is 2.09. The number of ether oxygens (including phenoxy) is 1. The molecule has 0 aliphatic heterocycles. The Kier molecular flexibility index (Phi) is 5.78. The number of benzene rings is 1. The molecule has 5 heteroatoms. The molecule has 0 aromatic heterocycles. The van der Waals surface area contributed by atoms with Crippen LogP contribution in [0, 0.1) is 5.82 Å². The first-order valence-electron chi connectivity index (χ1n) is 5.59. The zero-order valence-electron chi connectivity index (χ0n) is 10.0. The van der Waals surface area contributed by atoms with Crippen LogP contribution >= 0.6 is 11.6 Å². The second kappa shape index (κ2) is 7.11. The molecule has 0 saturated heterocycles. The predicted octanol–water partition coefficient (Wildman–Crippen LogP) is 3.40. The van der Waals surface area contributed by atoms with Crippen molar-refractivity contribution < 1.29 is 18.7 Å². The van der Waals surface area contributed by atoms with Crippen molar-refractivity contribution in [3.8, 4) is 0 Å². The number of Topliss-reactive ketones (excluding diaryl/α,β-unsaturated/α-hetero) is 1. The van der Waals surface area contributed by atoms with Crippen molar-refractivity contribution in [1.29, 1.82) is 0 Å². The highest BCUT2D eigenvalue weighted by atomic mass is 35.5. The molecular formula is C13H14ClFO3. The van der Waals surface area contributed by atoms with E-state index in [1.165, 1.54) is 19.2 Å². The fourth-order valence-electron chi connectivity index (χ4n) is 1.47. The van der Waals surface area contributed by atoms with Gasteiger partial charge in [-0.25, -0.2) is 4.39 Å². The average Bonchev–Trinajstić information content (AvgIpc) is 2.37. The van der Waals surface area contributed by atoms with E-state index in [1.54, 1.807) is 0 Å². The Morgan fingerprint density at radius 1 is 1.28 bits per heavy atom. The highest BCUT2D eigenvalue weighted by Crippen LogP contribution is 2.17. The standard InChI is InChI=1S/C13H14ClFO3/c1-18-13(17)5-3-2-4-12(16)9-6-7-10(14)11(15)8-9/h6-8H,2-5H2,1H3. The minimum absolute atomic E-state index is 0.00255. The number of unbranched alkanes of at least 4 members (excludes halogenated alkanes) is 1. The molecule has 0 aliphatic carbocycles. The predicted molar refractivity (Wildman–Crippen MR) is 66.2 cm³/mol. The van der Waals surface area contributed by atoms with Crippen LogP contribution < -0.4 is 0 Å². The van der Waals surface area contributed by atoms with Gasteiger partial charge in [0.15, 0.2) is 5.78 Å². The summed E-state index contributed by atoms with van der Waals surface area (Å²) in [4.78, 5) is 22.5. The first-order chi connectivity index (χ1) is 8.54. The fraction of sp³-hybridized carbons (Fsp3) is 0.385. The maximum Gasteiger partial charge on any atom is 0.305 e. The van der Waals surface area contributed by atoms with Crippen LogP contribution in [-0.4, -0.2) is 18.9 Å². The van der Waals surface area contributed by atoms with E-state index in [2.05, 4.69) is 4.74 Å². The molecular weight excluding hydrogens is 259 g/mol. The second-order valence-electron chi connectivity index (χ2n) is 3.84. The monoisotopic (exact) mass is 272 g/mol. The summed E-state index contributed by atoms with van der Waals surface area (Å²) in [7, 11) is 1.32. The normalized spacial score (nSPS) is 10.2. The second-order valence-corrected chi connectivity index (χ2v) is 4.24. The quantitative estimate of drug-likeness (QED) is 0.453. The summed E-state index contributed by atoms with van der Waals surface area (Å²) < 4.78 is 17.6. The molecule has 0 bridgehead atoms. The van der Waals surface area contributed by atoms with Crippen molar-refractivity contribution in [2.24, 2.45) is 0 Å². The van der Waals surface area contributed by atoms with Gasteiger partial charge in [-0.15, -0.1) is 0 Å². The average molecular weight is 273 g/mol. The molecule has 0 N–H and O–H groups in total. The molecule has 0 spiro atoms. The smallest absolute Gasteiger partial charge is 0.305 e. The number of carbonyl (C=O) groups excluding carboxylic acids is 2. The van der Waals surface area contributed by atoms with E-state index >= 15 is 0 Å². The number of rotatable bonds is 6. The molecule has 98 valence electrons. The van der Waals surface area contributed by atoms with Gasteiger partial charge in [0, 0.05) is 18.4 Å². The molecule has 1 aromatic rings. The third kappa shape index (κ3) is 4.45. The molecule has 3 nitrogen and oxygen atoms in total. The number of halogens is 2. The summed E-state index contributed by atoms with van der Waals surface area (Å²) in [5.74, 6) is -1.05. The number of esters is 1. The Bertz CT molecular complexity index is 446. The lowest BCUT2D eigenvalue weighted by Gasteiger charge is -2.02. The molecule has 18 heavy (non-hydrogen) atoms. The Morgan fingerprint density at radius 3 is 2.56 bits per heavy atom. The summed E-state index contributed by atoms with van der Waals surface area (Å²) in [6, 6.07) is 3.98. The van der Waals surface area contributed by atoms with Gasteiger partial charge in [-0.2, -0.15) is 0 Å². The maximum atomic E-state index is 13.1. The topological polar surface area (TPSA) is 43.4 Å². The van der Waals surface area contributed by atoms with Crippen molar-refractivity contribution in [2.45, 2.75) is 25.7 Å². The van der Waals surface area contributed by atoms with Crippen LogP contribution in [0.25, 0.3) is 0 Å². The minimum Gasteiger partial charge on any atom is -0.469 e. The van der Waals surface area contributed by atoms with E-state index in [-0.39, 0.29) is 23.2 Å². The molecule has 0 atom stereocenters. The number of hydrogen-bond acceptors (Lipinski definition) is 3. The van der Waals surface area contributed by atoms with E-state index in [1.807, 2.05) is 0 Å². The SMILES string of the molecule is COC(=O)CCCCC(=O)c1ccc(Cl)c(F)c1. The lowest BCUT2D eigenvalue weighted by molar-refractivity contribution is -0.140. The Morgan fingerprint density at radius 2 is 1.94 bits per heavy atom. The summed E-state index contributed by atoms with van der Waals surface area (Å²) in [5, 5.41) is -0.00255. The Hall–Kier alpha value is -1.42. The van der Waals surface area contributed by atoms with Gasteiger partial charge in [0.2, 0.25) is 0 Å². The molecule has 0 fully saturated rings. The number of carbonyl (C=O) groups is 2. The molecule has 0 saturated carbocycles. The third-order valence-corrected chi connectivity index (χ3v) is 2.81. The van der Waals surface area contributed by atoms with Crippen molar-refractivity contribution in [3.05, 3.63) is 34.6 Å². The van der Waals surface area contributed by atoms with Crippen LogP contribution in [0.2, 0.25) is 5.02 Å². The summed E-state index contributed by atoms with van der Waals surface area (Å²) in [6.45, 7) is 0. The van der Waals surface area contributed by atoms with Crippen LogP contribution in [0.4, 0.5) is 4.39 Å². The minimum atomic E-state index is -0.600. The van der Waals surface area contributed by atoms with Gasteiger partial charge in [-0.1, -0.05) is 11.6 Å². The molecule has 1 rings (SSSR count). The van der Waals surface area contributed by atoms with Gasteiger partial charge < -0.3 is 4.74 Å². The zero-order chi connectivity index (χ0) is 13.5. The van der Waals surface area contributed by atoms with Crippen molar-refractivity contribution >= 4 is 23.4 Å². The van der Waals surface area contributed by atoms with Crippen molar-refractivity contribution in [2.75, 3.05) is 7.11 Å². The molecule has 0 aliphatic rings. The van der Waals surface area contributed by atoms with Gasteiger partial charge in [-0.05, 0) is 31.0 Å². The van der Waals surface area contributed by atoms with Gasteiger partial charge in [0.1, 0.15) is 5.82 Å². The van der Waals surface area contributed by atoms with Gasteiger partial charge in [0.25, 0.3) is 0 Å². The number of hydrogen-bond donors (Lipinski definition) is 0. The van der Waals surface area contributed by atoms with Gasteiger partial charge >= 0.3 is 5.97 Å². The summed E-state index contributed by atoms with van der Waals surface area (Å²) >= 11 is 5.53. The van der Waals surface area contributed by atoms with Crippen LogP contribution in [-0.2, 0) is 9.53 Å². The first kappa shape index (κ1) is 14.6. The Balaban J connectivity index is 2.41. The molecule has 0 heterocycles. The lowest BCUT2D eigenvalue weighted by atomic mass is 10.0. The zero-order valence-corrected chi connectivity index (χ0v) is 10.8. The number of methoxy groups -OCH3 is 1. The van der Waals surface area contributed by atoms with Crippen molar-refractivity contribution in [3.63, 3.8) is 0 Å². The van der Waals surface area contributed by atoms with Gasteiger partial charge in [0.05, 0.1) is 12.1 Å². The van der Waals surface area contributed by atoms with Crippen LogP contribution in [0.15, 0.2) is 18.2 Å². The molecule has 0 amide bonds. The van der Waals surface area contributed by atoms with E-state index in [9.17, 15) is 14.0 Å². The van der Waals surface area contributed by atoms with Crippen LogP contribution in [0.3, 0.4) is 0 Å². The first-order valence-corrected chi connectivity index (χ1v) is 5.97. The maximum absolute atomic E-state index is 13.1. The Labute approximate surface area is 110 Å². The number of ketones is 1. The molecule has 0 unspecified atom stereocenters. The van der Waals surface area contributed by atoms with E-state index in [0.717, 1.165) is 6.07 Å². The summed E-state index contributed by atoms with van der Waals surface area (Å²) in [5.41, 5.74) is 0.301. The van der Waals surface area contributed by atoms with Gasteiger partial charge in [-0.3, -0.25) is 9.59 Å². The van der Waals surface area contributed by atoms with Crippen LogP contribution in [0.5, 0.6) is 0 Å². The van der Waals surface area contributed by atoms with E-state index < -0.39 is 5.82 Å². The highest BCUT2D eigenvalue weighted by molar-refractivity contribution is 6.30. The van der Waals surface area contributed by atoms with Crippen LogP contribution in [0.1, 0.15) is 36.0 Å². The summed E-state index contributed by atoms with van der Waals surface area (Å²) in [6.07, 6.45) is 1.71. The van der Waals surface area contributed by atoms with Crippen molar-refractivity contribution in [1.82, 2.24) is 0 Å². The van der Waals surface area contributed by atoms with E-state index in [4.69, 9.17) is 11.6 Å².